The van der Waals surface area contributed by atoms with Crippen LogP contribution in [-0.4, -0.2) is 49.3 Å². The third-order valence-electron chi connectivity index (χ3n) is 5.11. The molecule has 0 atom stereocenters. The Labute approximate surface area is 138 Å². The normalized spacial score (nSPS) is 17.6. The van der Waals surface area contributed by atoms with Gasteiger partial charge in [-0.3, -0.25) is 4.98 Å². The maximum Gasteiger partial charge on any atom is 0.0726 e. The third-order valence-corrected chi connectivity index (χ3v) is 5.11. The van der Waals surface area contributed by atoms with Crippen LogP contribution < -0.4 is 5.32 Å². The Kier molecular flexibility index (Phi) is 4.83. The van der Waals surface area contributed by atoms with Crippen LogP contribution in [0.15, 0.2) is 30.3 Å². The molecule has 2 heterocycles. The fourth-order valence-corrected chi connectivity index (χ4v) is 3.35. The zero-order valence-corrected chi connectivity index (χ0v) is 14.4. The highest BCUT2D eigenvalue weighted by atomic mass is 16.5. The Bertz CT molecular complexity index is 663. The van der Waals surface area contributed by atoms with Crippen LogP contribution in [0.25, 0.3) is 10.9 Å². The molecule has 1 saturated heterocycles. The zero-order chi connectivity index (χ0) is 16.3. The summed E-state index contributed by atoms with van der Waals surface area (Å²) in [6.45, 7) is 4.77. The van der Waals surface area contributed by atoms with Gasteiger partial charge in [-0.1, -0.05) is 25.1 Å². The van der Waals surface area contributed by atoms with Gasteiger partial charge >= 0.3 is 0 Å². The van der Waals surface area contributed by atoms with Crippen molar-refractivity contribution in [1.82, 2.24) is 9.88 Å². The molecule has 0 aliphatic carbocycles. The van der Waals surface area contributed by atoms with Crippen LogP contribution in [0.4, 0.5) is 5.69 Å². The molecule has 1 aliphatic rings. The summed E-state index contributed by atoms with van der Waals surface area (Å²) in [5, 5.41) is 4.92. The highest BCUT2D eigenvalue weighted by molar-refractivity contribution is 5.91. The number of anilines is 1. The summed E-state index contributed by atoms with van der Waals surface area (Å²) in [5.74, 6) is 0. The summed E-state index contributed by atoms with van der Waals surface area (Å²) in [4.78, 5) is 7.08. The Morgan fingerprint density at radius 2 is 1.96 bits per heavy atom. The molecule has 1 aromatic heterocycles. The molecule has 1 N–H and O–H groups in total. The summed E-state index contributed by atoms with van der Waals surface area (Å²) in [7, 11) is 4.35. The van der Waals surface area contributed by atoms with E-state index in [1.165, 1.54) is 11.1 Å². The minimum atomic E-state index is 0.162. The third kappa shape index (κ3) is 3.33. The molecule has 1 fully saturated rings. The van der Waals surface area contributed by atoms with E-state index in [-0.39, 0.29) is 5.54 Å². The summed E-state index contributed by atoms with van der Waals surface area (Å²) in [5.41, 5.74) is 3.56. The second kappa shape index (κ2) is 6.85. The second-order valence-electron chi connectivity index (χ2n) is 6.62. The first-order chi connectivity index (χ1) is 11.1. The molecule has 2 aromatic rings. The van der Waals surface area contributed by atoms with Gasteiger partial charge in [-0.05, 0) is 45.5 Å². The topological polar surface area (TPSA) is 37.4 Å². The van der Waals surface area contributed by atoms with E-state index < -0.39 is 0 Å². The molecular weight excluding hydrogens is 286 g/mol. The number of fused-ring (bicyclic) bond motifs is 1. The number of pyridine rings is 1. The molecule has 0 radical (unpaired) electrons. The number of benzene rings is 1. The van der Waals surface area contributed by atoms with Crippen LogP contribution in [0.5, 0.6) is 0 Å². The zero-order valence-electron chi connectivity index (χ0n) is 14.4. The fourth-order valence-electron chi connectivity index (χ4n) is 3.35. The van der Waals surface area contributed by atoms with Gasteiger partial charge in [0, 0.05) is 42.1 Å². The number of rotatable bonds is 5. The van der Waals surface area contributed by atoms with Crippen molar-refractivity contribution in [2.45, 2.75) is 31.7 Å². The van der Waals surface area contributed by atoms with Crippen molar-refractivity contribution in [2.24, 2.45) is 0 Å². The fraction of sp³-hybridized carbons (Fsp3) is 0.526. The predicted octanol–water partition coefficient (Wildman–Crippen LogP) is 3.32. The molecule has 0 unspecified atom stereocenters. The van der Waals surface area contributed by atoms with E-state index >= 15 is 0 Å². The molecule has 23 heavy (non-hydrogen) atoms. The van der Waals surface area contributed by atoms with Crippen molar-refractivity contribution in [1.29, 1.82) is 0 Å². The summed E-state index contributed by atoms with van der Waals surface area (Å²) in [6, 6.07) is 10.6. The maximum atomic E-state index is 5.57. The highest BCUT2D eigenvalue weighted by Crippen LogP contribution is 2.29. The summed E-state index contributed by atoms with van der Waals surface area (Å²) >= 11 is 0. The molecule has 3 rings (SSSR count). The average Bonchev–Trinajstić information content (AvgIpc) is 2.60. The lowest BCUT2D eigenvalue weighted by Gasteiger charge is -2.43. The van der Waals surface area contributed by atoms with Crippen LogP contribution in [0.1, 0.15) is 25.5 Å². The number of nitrogens with zero attached hydrogens (tertiary/aromatic N) is 2. The molecule has 0 amide bonds. The lowest BCUT2D eigenvalue weighted by molar-refractivity contribution is -0.000616. The Morgan fingerprint density at radius 1 is 1.22 bits per heavy atom. The molecule has 1 aromatic carbocycles. The number of ether oxygens (including phenoxy) is 1. The molecular formula is C19H27N3O. The predicted molar refractivity (Wildman–Crippen MR) is 96.1 cm³/mol. The minimum absolute atomic E-state index is 0.162. The number of likely N-dealkylation sites (N-methyl/N-ethyl adjacent to an activating group) is 1. The van der Waals surface area contributed by atoms with Crippen LogP contribution in [0.3, 0.4) is 0 Å². The molecule has 124 valence electrons. The lowest BCUT2D eigenvalue weighted by Crippen LogP contribution is -2.53. The summed E-state index contributed by atoms with van der Waals surface area (Å²) < 4.78 is 5.57. The number of aryl methyl sites for hydroxylation is 1. The van der Waals surface area contributed by atoms with Crippen molar-refractivity contribution in [3.05, 3.63) is 36.0 Å². The first kappa shape index (κ1) is 16.2. The van der Waals surface area contributed by atoms with Gasteiger partial charge in [-0.15, -0.1) is 0 Å². The Balaban J connectivity index is 1.88. The first-order valence-corrected chi connectivity index (χ1v) is 8.52. The SMILES string of the molecule is CCc1cc(NCC2(N(C)C)CCOCC2)c2ccccc2n1. The van der Waals surface area contributed by atoms with Crippen LogP contribution in [0, 0.1) is 0 Å². The Morgan fingerprint density at radius 3 is 2.65 bits per heavy atom. The van der Waals surface area contributed by atoms with Gasteiger partial charge < -0.3 is 15.0 Å². The molecule has 0 spiro atoms. The van der Waals surface area contributed by atoms with Crippen LogP contribution in [0.2, 0.25) is 0 Å². The van der Waals surface area contributed by atoms with Gasteiger partial charge in [0.25, 0.3) is 0 Å². The van der Waals surface area contributed by atoms with E-state index in [2.05, 4.69) is 61.6 Å². The quantitative estimate of drug-likeness (QED) is 0.919. The van der Waals surface area contributed by atoms with E-state index in [1.54, 1.807) is 0 Å². The number of para-hydroxylation sites is 1. The van der Waals surface area contributed by atoms with Crippen LogP contribution >= 0.6 is 0 Å². The number of nitrogens with one attached hydrogen (secondary N) is 1. The maximum absolute atomic E-state index is 5.57. The average molecular weight is 313 g/mol. The molecule has 0 saturated carbocycles. The van der Waals surface area contributed by atoms with Gasteiger partial charge in [0.1, 0.15) is 0 Å². The minimum Gasteiger partial charge on any atom is -0.383 e. The monoisotopic (exact) mass is 313 g/mol. The molecule has 1 aliphatic heterocycles. The smallest absolute Gasteiger partial charge is 0.0726 e. The van der Waals surface area contributed by atoms with Crippen molar-refractivity contribution >= 4 is 16.6 Å². The van der Waals surface area contributed by atoms with E-state index in [0.717, 1.165) is 50.2 Å². The largest absolute Gasteiger partial charge is 0.383 e. The van der Waals surface area contributed by atoms with E-state index in [4.69, 9.17) is 9.72 Å². The Hall–Kier alpha value is -1.65. The van der Waals surface area contributed by atoms with Gasteiger partial charge in [0.05, 0.1) is 5.52 Å². The molecule has 4 nitrogen and oxygen atoms in total. The van der Waals surface area contributed by atoms with Gasteiger partial charge in [0.15, 0.2) is 0 Å². The van der Waals surface area contributed by atoms with Crippen LogP contribution in [-0.2, 0) is 11.2 Å². The first-order valence-electron chi connectivity index (χ1n) is 8.52. The number of hydrogen-bond donors (Lipinski definition) is 1. The molecule has 4 heteroatoms. The van der Waals surface area contributed by atoms with Crippen molar-refractivity contribution in [3.8, 4) is 0 Å². The number of hydrogen-bond acceptors (Lipinski definition) is 4. The van der Waals surface area contributed by atoms with Gasteiger partial charge in [-0.25, -0.2) is 0 Å². The number of aromatic nitrogens is 1. The summed E-state index contributed by atoms with van der Waals surface area (Å²) in [6.07, 6.45) is 3.08. The van der Waals surface area contributed by atoms with Gasteiger partial charge in [-0.2, -0.15) is 0 Å². The standard InChI is InChI=1S/C19H27N3O/c1-4-15-13-18(16-7-5-6-8-17(16)21-15)20-14-19(22(2)3)9-11-23-12-10-19/h5-8,13H,4,9-12,14H2,1-3H3,(H,20,21). The van der Waals surface area contributed by atoms with E-state index in [1.807, 2.05) is 0 Å². The van der Waals surface area contributed by atoms with Crippen molar-refractivity contribution in [2.75, 3.05) is 39.2 Å². The molecule has 0 bridgehead atoms. The highest BCUT2D eigenvalue weighted by Gasteiger charge is 2.34. The van der Waals surface area contributed by atoms with Crippen molar-refractivity contribution < 1.29 is 4.74 Å². The second-order valence-corrected chi connectivity index (χ2v) is 6.62. The van der Waals surface area contributed by atoms with E-state index in [0.29, 0.717) is 0 Å². The van der Waals surface area contributed by atoms with E-state index in [9.17, 15) is 0 Å². The lowest BCUT2D eigenvalue weighted by atomic mass is 9.88. The van der Waals surface area contributed by atoms with Gasteiger partial charge in [0.2, 0.25) is 0 Å². The van der Waals surface area contributed by atoms with Crippen molar-refractivity contribution in [3.63, 3.8) is 0 Å².